The number of rotatable bonds is 1. The highest BCUT2D eigenvalue weighted by Gasteiger charge is 2.39. The normalized spacial score (nSPS) is 32.6. The Labute approximate surface area is 115 Å². The van der Waals surface area contributed by atoms with E-state index in [0.29, 0.717) is 13.0 Å². The fraction of sp³-hybridized carbons (Fsp3) is 0.538. The van der Waals surface area contributed by atoms with Crippen LogP contribution in [0.2, 0.25) is 0 Å². The first-order chi connectivity index (χ1) is 9.56. The number of carbonyl (C=O) groups is 2. The van der Waals surface area contributed by atoms with Crippen LogP contribution in [0.15, 0.2) is 23.4 Å². The average Bonchev–Trinajstić information content (AvgIpc) is 2.43. The van der Waals surface area contributed by atoms with Crippen LogP contribution in [0.4, 0.5) is 4.79 Å². The minimum Gasteiger partial charge on any atom is -0.477 e. The summed E-state index contributed by atoms with van der Waals surface area (Å²) in [6, 6.07) is 0.0812. The van der Waals surface area contributed by atoms with Crippen LogP contribution < -0.4 is 5.32 Å². The van der Waals surface area contributed by atoms with Crippen molar-refractivity contribution in [1.29, 1.82) is 0 Å². The smallest absolute Gasteiger partial charge is 0.412 e. The van der Waals surface area contributed by atoms with Crippen molar-refractivity contribution < 1.29 is 24.5 Å². The predicted octanol–water partition coefficient (Wildman–Crippen LogP) is 0.252. The molecule has 3 rings (SSSR count). The van der Waals surface area contributed by atoms with E-state index in [0.717, 1.165) is 17.0 Å². The minimum atomic E-state index is -1.23. The van der Waals surface area contributed by atoms with Crippen LogP contribution in [0.5, 0.6) is 0 Å². The molecule has 20 heavy (non-hydrogen) atoms. The van der Waals surface area contributed by atoms with Gasteiger partial charge < -0.3 is 20.3 Å². The number of hydrogen-bond acceptors (Lipinski definition) is 4. The molecule has 0 aromatic rings. The van der Waals surface area contributed by atoms with Crippen molar-refractivity contribution in [3.05, 3.63) is 23.4 Å². The van der Waals surface area contributed by atoms with Crippen molar-refractivity contribution in [1.82, 2.24) is 10.2 Å². The second-order valence-corrected chi connectivity index (χ2v) is 5.22. The summed E-state index contributed by atoms with van der Waals surface area (Å²) in [6.45, 7) is 1.59. The van der Waals surface area contributed by atoms with E-state index in [1.165, 1.54) is 6.08 Å². The summed E-state index contributed by atoms with van der Waals surface area (Å²) in [5.41, 5.74) is 0.703. The Morgan fingerprint density at radius 1 is 1.40 bits per heavy atom. The van der Waals surface area contributed by atoms with E-state index < -0.39 is 12.1 Å². The van der Waals surface area contributed by atoms with Gasteiger partial charge in [-0.2, -0.15) is 0 Å². The Kier molecular flexibility index (Phi) is 3.23. The number of hydrogen-bond donors (Lipinski definition) is 3. The van der Waals surface area contributed by atoms with E-state index in [9.17, 15) is 9.59 Å². The van der Waals surface area contributed by atoms with Crippen LogP contribution in [-0.2, 0) is 9.53 Å². The molecule has 7 heteroatoms. The number of morpholine rings is 1. The quantitative estimate of drug-likeness (QED) is 0.637. The number of ether oxygens (including phenoxy) is 1. The van der Waals surface area contributed by atoms with Crippen molar-refractivity contribution in [3.63, 3.8) is 0 Å². The van der Waals surface area contributed by atoms with E-state index in [4.69, 9.17) is 14.9 Å². The highest BCUT2D eigenvalue weighted by Crippen LogP contribution is 2.34. The molecule has 7 nitrogen and oxygen atoms in total. The van der Waals surface area contributed by atoms with E-state index in [2.05, 4.69) is 5.32 Å². The van der Waals surface area contributed by atoms with Crippen molar-refractivity contribution in [3.8, 4) is 0 Å². The molecule has 0 spiro atoms. The topological polar surface area (TPSA) is 99.1 Å². The third-order valence-corrected chi connectivity index (χ3v) is 4.02. The number of allylic oxidation sites excluding steroid dienone is 1. The van der Waals surface area contributed by atoms with Gasteiger partial charge >= 0.3 is 12.1 Å². The number of nitrogens with one attached hydrogen (secondary N) is 1. The molecule has 2 aliphatic heterocycles. The van der Waals surface area contributed by atoms with Crippen LogP contribution in [0.25, 0.3) is 0 Å². The lowest BCUT2D eigenvalue weighted by Crippen LogP contribution is -2.52. The monoisotopic (exact) mass is 280 g/mol. The number of fused-ring (bicyclic) bond motifs is 2. The molecule has 108 valence electrons. The Morgan fingerprint density at radius 3 is 2.90 bits per heavy atom. The summed E-state index contributed by atoms with van der Waals surface area (Å²) in [5.74, 6) is -1.22. The van der Waals surface area contributed by atoms with Gasteiger partial charge in [0.1, 0.15) is 5.70 Å². The largest absolute Gasteiger partial charge is 0.477 e. The molecule has 3 aliphatic rings. The van der Waals surface area contributed by atoms with Gasteiger partial charge in [-0.15, -0.1) is 0 Å². The van der Waals surface area contributed by atoms with E-state index >= 15 is 0 Å². The summed E-state index contributed by atoms with van der Waals surface area (Å²) in [4.78, 5) is 23.3. The number of nitrogens with zero attached hydrogens (tertiary/aromatic N) is 1. The molecule has 0 saturated carbocycles. The molecule has 1 saturated heterocycles. The van der Waals surface area contributed by atoms with Crippen LogP contribution in [-0.4, -0.2) is 59.0 Å². The maximum atomic E-state index is 11.2. The standard InChI is InChI=1S/C13H16N2O5/c16-12(17)10-4-7-3-9-11(20-2-1-14-9)5-8(7)6-15(10)13(18)19/h3-4,8-9,11,14H,1-2,5-6H2,(H,16,17)(H,18,19). The van der Waals surface area contributed by atoms with Crippen LogP contribution in [0.3, 0.4) is 0 Å². The molecule has 3 unspecified atom stereocenters. The highest BCUT2D eigenvalue weighted by molar-refractivity contribution is 5.91. The van der Waals surface area contributed by atoms with Gasteiger partial charge in [0.15, 0.2) is 0 Å². The van der Waals surface area contributed by atoms with Gasteiger partial charge in [-0.05, 0) is 18.1 Å². The van der Waals surface area contributed by atoms with Crippen LogP contribution >= 0.6 is 0 Å². The molecule has 0 radical (unpaired) electrons. The maximum absolute atomic E-state index is 11.2. The zero-order valence-corrected chi connectivity index (χ0v) is 10.8. The number of carboxylic acids is 1. The average molecular weight is 280 g/mol. The molecule has 0 aromatic carbocycles. The second-order valence-electron chi connectivity index (χ2n) is 5.22. The van der Waals surface area contributed by atoms with Crippen LogP contribution in [0, 0.1) is 5.92 Å². The zero-order valence-electron chi connectivity index (χ0n) is 10.8. The van der Waals surface area contributed by atoms with Crippen molar-refractivity contribution in [2.75, 3.05) is 19.7 Å². The molecule has 0 bridgehead atoms. The first kappa shape index (κ1) is 13.1. The Balaban J connectivity index is 1.94. The molecule has 3 N–H and O–H groups in total. The fourth-order valence-electron chi connectivity index (χ4n) is 3.07. The molecule has 1 amide bonds. The summed E-state index contributed by atoms with van der Waals surface area (Å²) >= 11 is 0. The zero-order chi connectivity index (χ0) is 14.3. The van der Waals surface area contributed by atoms with Crippen molar-refractivity contribution in [2.24, 2.45) is 5.92 Å². The minimum absolute atomic E-state index is 0.00431. The summed E-state index contributed by atoms with van der Waals surface area (Å²) < 4.78 is 5.69. The molecule has 1 aliphatic carbocycles. The Morgan fingerprint density at radius 2 is 2.20 bits per heavy atom. The lowest BCUT2D eigenvalue weighted by atomic mass is 9.80. The summed E-state index contributed by atoms with van der Waals surface area (Å²) in [6.07, 6.45) is 2.95. The van der Waals surface area contributed by atoms with Crippen molar-refractivity contribution >= 4 is 12.1 Å². The lowest BCUT2D eigenvalue weighted by Gasteiger charge is -2.41. The van der Waals surface area contributed by atoms with Gasteiger partial charge in [0.25, 0.3) is 0 Å². The number of aliphatic carboxylic acids is 1. The molecular formula is C13H16N2O5. The van der Waals surface area contributed by atoms with E-state index in [-0.39, 0.29) is 30.3 Å². The molecule has 0 aromatic heterocycles. The first-order valence-electron chi connectivity index (χ1n) is 6.58. The van der Waals surface area contributed by atoms with Gasteiger partial charge in [-0.3, -0.25) is 4.90 Å². The van der Waals surface area contributed by atoms with Gasteiger partial charge in [0, 0.05) is 19.0 Å². The highest BCUT2D eigenvalue weighted by atomic mass is 16.5. The second kappa shape index (κ2) is 4.92. The predicted molar refractivity (Wildman–Crippen MR) is 68.2 cm³/mol. The summed E-state index contributed by atoms with van der Waals surface area (Å²) in [7, 11) is 0. The van der Waals surface area contributed by atoms with Gasteiger partial charge in [0.05, 0.1) is 18.8 Å². The molecule has 1 fully saturated rings. The SMILES string of the molecule is O=C(O)C1=CC2=CC3NCCOC3CC2CN1C(=O)O. The maximum Gasteiger partial charge on any atom is 0.412 e. The Hall–Kier alpha value is -1.86. The van der Waals surface area contributed by atoms with E-state index in [1.807, 2.05) is 6.08 Å². The lowest BCUT2D eigenvalue weighted by molar-refractivity contribution is -0.134. The third-order valence-electron chi connectivity index (χ3n) is 4.02. The third kappa shape index (κ3) is 2.19. The van der Waals surface area contributed by atoms with Gasteiger partial charge in [0.2, 0.25) is 0 Å². The van der Waals surface area contributed by atoms with E-state index in [1.54, 1.807) is 0 Å². The van der Waals surface area contributed by atoms with Crippen LogP contribution in [0.1, 0.15) is 6.42 Å². The number of carboxylic acid groups (broad SMARTS) is 2. The summed E-state index contributed by atoms with van der Waals surface area (Å²) in [5, 5.41) is 21.6. The molecule has 2 heterocycles. The first-order valence-corrected chi connectivity index (χ1v) is 6.58. The molecular weight excluding hydrogens is 264 g/mol. The molecule has 3 atom stereocenters. The Bertz CT molecular complexity index is 513. The number of amides is 1. The van der Waals surface area contributed by atoms with Gasteiger partial charge in [-0.1, -0.05) is 6.08 Å². The fourth-order valence-corrected chi connectivity index (χ4v) is 3.07. The van der Waals surface area contributed by atoms with Gasteiger partial charge in [-0.25, -0.2) is 9.59 Å². The van der Waals surface area contributed by atoms with Crippen molar-refractivity contribution in [2.45, 2.75) is 18.6 Å².